The van der Waals surface area contributed by atoms with E-state index in [4.69, 9.17) is 0 Å². The molecule has 0 spiro atoms. The lowest BCUT2D eigenvalue weighted by Crippen LogP contribution is -2.41. The van der Waals surface area contributed by atoms with Gasteiger partial charge in [0.1, 0.15) is 0 Å². The van der Waals surface area contributed by atoms with Crippen molar-refractivity contribution in [2.24, 2.45) is 0 Å². The van der Waals surface area contributed by atoms with Crippen molar-refractivity contribution < 1.29 is 9.59 Å². The molecule has 2 aromatic rings. The Labute approximate surface area is 136 Å². The van der Waals surface area contributed by atoms with Gasteiger partial charge in [-0.15, -0.1) is 0 Å². The highest BCUT2D eigenvalue weighted by molar-refractivity contribution is 6.34. The first-order valence-electron chi connectivity index (χ1n) is 7.54. The van der Waals surface area contributed by atoms with Gasteiger partial charge in [-0.1, -0.05) is 29.8 Å². The molecule has 0 unspecified atom stereocenters. The highest BCUT2D eigenvalue weighted by Gasteiger charge is 2.17. The highest BCUT2D eigenvalue weighted by atomic mass is 16.2. The topological polar surface area (TPSA) is 62.3 Å². The van der Waals surface area contributed by atoms with E-state index in [0.29, 0.717) is 19.5 Å². The molecule has 0 fully saturated rings. The number of aromatic nitrogens is 1. The smallest absolute Gasteiger partial charge is 0.311 e. The summed E-state index contributed by atoms with van der Waals surface area (Å²) in [6.07, 6.45) is 4.12. The number of carbonyl (C=O) groups excluding carboxylic acids is 2. The number of likely N-dealkylation sites (N-methyl/N-ethyl adjacent to an activating group) is 1. The molecule has 2 amide bonds. The average molecular weight is 311 g/mol. The van der Waals surface area contributed by atoms with Crippen molar-refractivity contribution in [3.63, 3.8) is 0 Å². The second-order valence-corrected chi connectivity index (χ2v) is 5.50. The molecule has 1 aromatic heterocycles. The van der Waals surface area contributed by atoms with Crippen LogP contribution in [0.25, 0.3) is 0 Å². The lowest BCUT2D eigenvalue weighted by Gasteiger charge is -2.16. The molecule has 1 aromatic carbocycles. The highest BCUT2D eigenvalue weighted by Crippen LogP contribution is 2.03. The van der Waals surface area contributed by atoms with E-state index < -0.39 is 11.8 Å². The predicted octanol–water partition coefficient (Wildman–Crippen LogP) is 1.71. The number of amides is 2. The molecular formula is C18H21N3O2. The predicted molar refractivity (Wildman–Crippen MR) is 88.6 cm³/mol. The van der Waals surface area contributed by atoms with Crippen molar-refractivity contribution in [3.8, 4) is 0 Å². The molecule has 1 heterocycles. The third-order valence-corrected chi connectivity index (χ3v) is 3.56. The molecule has 0 aliphatic rings. The second-order valence-electron chi connectivity index (χ2n) is 5.50. The molecule has 0 aliphatic carbocycles. The summed E-state index contributed by atoms with van der Waals surface area (Å²) in [6, 6.07) is 11.6. The Bertz CT molecular complexity index is 671. The Morgan fingerprint density at radius 3 is 2.57 bits per heavy atom. The molecule has 0 saturated carbocycles. The molecule has 0 bridgehead atoms. The maximum Gasteiger partial charge on any atom is 0.311 e. The number of nitrogens with zero attached hydrogens (tertiary/aromatic N) is 2. The average Bonchev–Trinajstić information content (AvgIpc) is 2.58. The van der Waals surface area contributed by atoms with Gasteiger partial charge in [0.05, 0.1) is 0 Å². The van der Waals surface area contributed by atoms with E-state index in [1.165, 1.54) is 4.90 Å². The van der Waals surface area contributed by atoms with Crippen molar-refractivity contribution in [2.45, 2.75) is 19.9 Å². The molecule has 0 radical (unpaired) electrons. The zero-order valence-electron chi connectivity index (χ0n) is 13.5. The fourth-order valence-electron chi connectivity index (χ4n) is 2.20. The lowest BCUT2D eigenvalue weighted by atomic mass is 10.1. The third-order valence-electron chi connectivity index (χ3n) is 3.56. The van der Waals surface area contributed by atoms with Gasteiger partial charge in [-0.25, -0.2) is 0 Å². The standard InChI is InChI=1S/C18H21N3O2/c1-14-4-3-5-16(12-14)13-20-17(22)18(23)21(2)11-8-15-6-9-19-10-7-15/h3-7,9-10,12H,8,11,13H2,1-2H3,(H,20,22). The molecule has 5 nitrogen and oxygen atoms in total. The summed E-state index contributed by atoms with van der Waals surface area (Å²) in [5, 5.41) is 2.66. The van der Waals surface area contributed by atoms with Crippen molar-refractivity contribution in [1.29, 1.82) is 0 Å². The summed E-state index contributed by atoms with van der Waals surface area (Å²) in [4.78, 5) is 29.4. The lowest BCUT2D eigenvalue weighted by molar-refractivity contribution is -0.145. The van der Waals surface area contributed by atoms with Crippen molar-refractivity contribution in [2.75, 3.05) is 13.6 Å². The van der Waals surface area contributed by atoms with Gasteiger partial charge in [0.2, 0.25) is 0 Å². The molecule has 0 atom stereocenters. The van der Waals surface area contributed by atoms with E-state index in [-0.39, 0.29) is 0 Å². The Balaban J connectivity index is 1.80. The fraction of sp³-hybridized carbons (Fsp3) is 0.278. The molecule has 0 aliphatic heterocycles. The summed E-state index contributed by atoms with van der Waals surface area (Å²) in [7, 11) is 1.63. The number of pyridine rings is 1. The van der Waals surface area contributed by atoms with Crippen LogP contribution < -0.4 is 5.32 Å². The Hall–Kier alpha value is -2.69. The first-order valence-corrected chi connectivity index (χ1v) is 7.54. The summed E-state index contributed by atoms with van der Waals surface area (Å²) in [5.74, 6) is -1.10. The van der Waals surface area contributed by atoms with E-state index in [1.54, 1.807) is 19.4 Å². The monoisotopic (exact) mass is 311 g/mol. The Kier molecular flexibility index (Phi) is 5.86. The van der Waals surface area contributed by atoms with Crippen LogP contribution in [0, 0.1) is 6.92 Å². The number of rotatable bonds is 5. The minimum Gasteiger partial charge on any atom is -0.344 e. The number of carbonyl (C=O) groups is 2. The normalized spacial score (nSPS) is 10.2. The van der Waals surface area contributed by atoms with Gasteiger partial charge < -0.3 is 10.2 Å². The van der Waals surface area contributed by atoms with Crippen LogP contribution in [-0.4, -0.2) is 35.3 Å². The summed E-state index contributed by atoms with van der Waals surface area (Å²) in [6.45, 7) is 2.83. The largest absolute Gasteiger partial charge is 0.344 e. The van der Waals surface area contributed by atoms with Crippen LogP contribution in [-0.2, 0) is 22.6 Å². The molecule has 120 valence electrons. The van der Waals surface area contributed by atoms with E-state index >= 15 is 0 Å². The van der Waals surface area contributed by atoms with Crippen LogP contribution in [0.15, 0.2) is 48.8 Å². The third kappa shape index (κ3) is 5.21. The first kappa shape index (κ1) is 16.7. The van der Waals surface area contributed by atoms with E-state index in [1.807, 2.05) is 43.3 Å². The van der Waals surface area contributed by atoms with Gasteiger partial charge in [-0.2, -0.15) is 0 Å². The van der Waals surface area contributed by atoms with Gasteiger partial charge in [0.15, 0.2) is 0 Å². The van der Waals surface area contributed by atoms with Crippen LogP contribution >= 0.6 is 0 Å². The quantitative estimate of drug-likeness (QED) is 0.855. The van der Waals surface area contributed by atoms with Crippen LogP contribution in [0.2, 0.25) is 0 Å². The molecule has 1 N–H and O–H groups in total. The summed E-state index contributed by atoms with van der Waals surface area (Å²) >= 11 is 0. The van der Waals surface area contributed by atoms with Crippen LogP contribution in [0.1, 0.15) is 16.7 Å². The zero-order valence-corrected chi connectivity index (χ0v) is 13.5. The van der Waals surface area contributed by atoms with Gasteiger partial charge in [-0.05, 0) is 36.6 Å². The molecule has 5 heteroatoms. The number of nitrogens with one attached hydrogen (secondary N) is 1. The number of benzene rings is 1. The Morgan fingerprint density at radius 2 is 1.87 bits per heavy atom. The van der Waals surface area contributed by atoms with Crippen LogP contribution in [0.3, 0.4) is 0 Å². The van der Waals surface area contributed by atoms with Crippen LogP contribution in [0.4, 0.5) is 0 Å². The van der Waals surface area contributed by atoms with Crippen LogP contribution in [0.5, 0.6) is 0 Å². The van der Waals surface area contributed by atoms with Crippen molar-refractivity contribution >= 4 is 11.8 Å². The Morgan fingerprint density at radius 1 is 1.13 bits per heavy atom. The van der Waals surface area contributed by atoms with Gasteiger partial charge in [-0.3, -0.25) is 14.6 Å². The summed E-state index contributed by atoms with van der Waals surface area (Å²) in [5.41, 5.74) is 3.18. The van der Waals surface area contributed by atoms with E-state index in [9.17, 15) is 9.59 Å². The molecule has 23 heavy (non-hydrogen) atoms. The molecule has 0 saturated heterocycles. The first-order chi connectivity index (χ1) is 11.1. The molecule has 2 rings (SSSR count). The molecular weight excluding hydrogens is 290 g/mol. The minimum atomic E-state index is -0.580. The van der Waals surface area contributed by atoms with Crippen molar-refractivity contribution in [1.82, 2.24) is 15.2 Å². The van der Waals surface area contributed by atoms with Crippen molar-refractivity contribution in [3.05, 3.63) is 65.5 Å². The fourth-order valence-corrected chi connectivity index (χ4v) is 2.20. The number of hydrogen-bond donors (Lipinski definition) is 1. The minimum absolute atomic E-state index is 0.352. The van der Waals surface area contributed by atoms with Gasteiger partial charge in [0, 0.05) is 32.5 Å². The zero-order chi connectivity index (χ0) is 16.7. The number of aryl methyl sites for hydroxylation is 1. The van der Waals surface area contributed by atoms with E-state index in [2.05, 4.69) is 10.3 Å². The van der Waals surface area contributed by atoms with E-state index in [0.717, 1.165) is 16.7 Å². The number of hydrogen-bond acceptors (Lipinski definition) is 3. The maximum absolute atomic E-state index is 12.1. The van der Waals surface area contributed by atoms with Gasteiger partial charge in [0.25, 0.3) is 0 Å². The SMILES string of the molecule is Cc1cccc(CNC(=O)C(=O)N(C)CCc2ccncc2)c1. The van der Waals surface area contributed by atoms with Gasteiger partial charge >= 0.3 is 11.8 Å². The maximum atomic E-state index is 12.1. The second kappa shape index (κ2) is 8.08. The summed E-state index contributed by atoms with van der Waals surface area (Å²) < 4.78 is 0.